The predicted molar refractivity (Wildman–Crippen MR) is 97.3 cm³/mol. The normalized spacial score (nSPS) is 15.5. The monoisotopic (exact) mass is 342 g/mol. The van der Waals surface area contributed by atoms with Crippen LogP contribution in [0.2, 0.25) is 0 Å². The molecular formula is C19H23FN4O. The largest absolute Gasteiger partial charge is 0.370 e. The Morgan fingerprint density at radius 2 is 1.88 bits per heavy atom. The van der Waals surface area contributed by atoms with Crippen LogP contribution in [0.4, 0.5) is 20.6 Å². The molecule has 1 aromatic carbocycles. The van der Waals surface area contributed by atoms with Crippen molar-refractivity contribution < 1.29 is 9.18 Å². The molecule has 0 radical (unpaired) electrons. The predicted octanol–water partition coefficient (Wildman–Crippen LogP) is 4.09. The lowest BCUT2D eigenvalue weighted by Crippen LogP contribution is -2.33. The molecule has 25 heavy (non-hydrogen) atoms. The highest BCUT2D eigenvalue weighted by Crippen LogP contribution is 2.29. The highest BCUT2D eigenvalue weighted by Gasteiger charge is 2.17. The standard InChI is InChI=1S/C19H23FN4O/c1-14(15-7-9-21-10-8-15)22-19(25)23-17-13-16(20)5-6-18(17)24-11-3-2-4-12-24/h5-10,13-14H,2-4,11-12H2,1H3,(H2,22,23,25). The van der Waals surface area contributed by atoms with Gasteiger partial charge in [-0.1, -0.05) is 0 Å². The number of hydrogen-bond donors (Lipinski definition) is 2. The number of nitrogens with zero attached hydrogens (tertiary/aromatic N) is 2. The number of benzene rings is 1. The molecule has 2 aromatic rings. The summed E-state index contributed by atoms with van der Waals surface area (Å²) in [5.74, 6) is -0.363. The molecule has 6 heteroatoms. The van der Waals surface area contributed by atoms with Crippen LogP contribution in [0.25, 0.3) is 0 Å². The van der Waals surface area contributed by atoms with E-state index in [0.717, 1.165) is 37.2 Å². The molecule has 0 spiro atoms. The molecule has 1 aromatic heterocycles. The fourth-order valence-electron chi connectivity index (χ4n) is 3.11. The maximum absolute atomic E-state index is 13.7. The van der Waals surface area contributed by atoms with E-state index >= 15 is 0 Å². The van der Waals surface area contributed by atoms with Crippen LogP contribution in [-0.2, 0) is 0 Å². The molecule has 1 saturated heterocycles. The average Bonchev–Trinajstić information content (AvgIpc) is 2.63. The average molecular weight is 342 g/mol. The summed E-state index contributed by atoms with van der Waals surface area (Å²) in [7, 11) is 0. The number of amides is 2. The van der Waals surface area contributed by atoms with Crippen molar-refractivity contribution in [1.29, 1.82) is 0 Å². The van der Waals surface area contributed by atoms with Gasteiger partial charge in [-0.3, -0.25) is 4.98 Å². The van der Waals surface area contributed by atoms with Crippen molar-refractivity contribution in [2.45, 2.75) is 32.2 Å². The maximum Gasteiger partial charge on any atom is 0.319 e. The van der Waals surface area contributed by atoms with E-state index in [-0.39, 0.29) is 17.9 Å². The molecule has 132 valence electrons. The minimum atomic E-state index is -0.363. The summed E-state index contributed by atoms with van der Waals surface area (Å²) in [6, 6.07) is 7.73. The Hall–Kier alpha value is -2.63. The third-order valence-electron chi connectivity index (χ3n) is 4.46. The molecule has 5 nitrogen and oxygen atoms in total. The summed E-state index contributed by atoms with van der Waals surface area (Å²) >= 11 is 0. The zero-order valence-corrected chi connectivity index (χ0v) is 14.3. The second-order valence-electron chi connectivity index (χ2n) is 6.31. The Bertz CT molecular complexity index is 717. The van der Waals surface area contributed by atoms with Crippen molar-refractivity contribution in [1.82, 2.24) is 10.3 Å². The van der Waals surface area contributed by atoms with Crippen LogP contribution in [0.15, 0.2) is 42.7 Å². The molecule has 2 heterocycles. The topological polar surface area (TPSA) is 57.3 Å². The van der Waals surface area contributed by atoms with Crippen LogP contribution in [0, 0.1) is 5.82 Å². The zero-order valence-electron chi connectivity index (χ0n) is 14.3. The van der Waals surface area contributed by atoms with Crippen molar-refractivity contribution in [2.75, 3.05) is 23.3 Å². The molecule has 2 amide bonds. The number of halogens is 1. The van der Waals surface area contributed by atoms with Gasteiger partial charge < -0.3 is 15.5 Å². The van der Waals surface area contributed by atoms with Crippen LogP contribution in [-0.4, -0.2) is 24.1 Å². The van der Waals surface area contributed by atoms with Gasteiger partial charge in [-0.15, -0.1) is 0 Å². The molecule has 0 bridgehead atoms. The van der Waals surface area contributed by atoms with Gasteiger partial charge in [0.1, 0.15) is 5.82 Å². The number of nitrogens with one attached hydrogen (secondary N) is 2. The number of piperidine rings is 1. The summed E-state index contributed by atoms with van der Waals surface area (Å²) < 4.78 is 13.7. The molecule has 2 N–H and O–H groups in total. The molecule has 1 unspecified atom stereocenters. The molecule has 1 aliphatic rings. The van der Waals surface area contributed by atoms with E-state index in [1.807, 2.05) is 19.1 Å². The van der Waals surface area contributed by atoms with Crippen molar-refractivity contribution in [2.24, 2.45) is 0 Å². The first-order chi connectivity index (χ1) is 12.1. The minimum absolute atomic E-state index is 0.171. The van der Waals surface area contributed by atoms with Gasteiger partial charge in [0.15, 0.2) is 0 Å². The summed E-state index contributed by atoms with van der Waals surface area (Å²) in [5, 5.41) is 5.68. The quantitative estimate of drug-likeness (QED) is 0.880. The number of pyridine rings is 1. The van der Waals surface area contributed by atoms with Gasteiger partial charge in [-0.2, -0.15) is 0 Å². The van der Waals surface area contributed by atoms with Crippen LogP contribution in [0.1, 0.15) is 37.8 Å². The fourth-order valence-corrected chi connectivity index (χ4v) is 3.11. The van der Waals surface area contributed by atoms with E-state index < -0.39 is 0 Å². The summed E-state index contributed by atoms with van der Waals surface area (Å²) in [6.07, 6.45) is 6.81. The number of anilines is 2. The van der Waals surface area contributed by atoms with Gasteiger partial charge in [0.25, 0.3) is 0 Å². The van der Waals surface area contributed by atoms with E-state index in [2.05, 4.69) is 20.5 Å². The summed E-state index contributed by atoms with van der Waals surface area (Å²) in [5.41, 5.74) is 2.33. The Morgan fingerprint density at radius 3 is 2.60 bits per heavy atom. The molecule has 3 rings (SSSR count). The Morgan fingerprint density at radius 1 is 1.16 bits per heavy atom. The first-order valence-electron chi connectivity index (χ1n) is 8.65. The van der Waals surface area contributed by atoms with Crippen molar-refractivity contribution in [3.63, 3.8) is 0 Å². The van der Waals surface area contributed by atoms with E-state index in [1.165, 1.54) is 18.6 Å². The number of carbonyl (C=O) groups excluding carboxylic acids is 1. The van der Waals surface area contributed by atoms with E-state index in [0.29, 0.717) is 5.69 Å². The Balaban J connectivity index is 1.71. The molecule has 1 fully saturated rings. The number of hydrogen-bond acceptors (Lipinski definition) is 3. The van der Waals surface area contributed by atoms with Crippen LogP contribution >= 0.6 is 0 Å². The lowest BCUT2D eigenvalue weighted by molar-refractivity contribution is 0.249. The van der Waals surface area contributed by atoms with E-state index in [9.17, 15) is 9.18 Å². The number of rotatable bonds is 4. The molecule has 0 aliphatic carbocycles. The number of carbonyl (C=O) groups is 1. The van der Waals surface area contributed by atoms with E-state index in [4.69, 9.17) is 0 Å². The van der Waals surface area contributed by atoms with Gasteiger partial charge in [-0.25, -0.2) is 9.18 Å². The highest BCUT2D eigenvalue weighted by molar-refractivity contribution is 5.93. The van der Waals surface area contributed by atoms with Crippen molar-refractivity contribution in [3.8, 4) is 0 Å². The van der Waals surface area contributed by atoms with Crippen LogP contribution < -0.4 is 15.5 Å². The smallest absolute Gasteiger partial charge is 0.319 e. The number of urea groups is 1. The summed E-state index contributed by atoms with van der Waals surface area (Å²) in [4.78, 5) is 18.5. The van der Waals surface area contributed by atoms with Gasteiger partial charge in [-0.05, 0) is 62.1 Å². The third kappa shape index (κ3) is 4.47. The second kappa shape index (κ2) is 7.96. The maximum atomic E-state index is 13.7. The first kappa shape index (κ1) is 17.2. The van der Waals surface area contributed by atoms with Crippen molar-refractivity contribution >= 4 is 17.4 Å². The SMILES string of the molecule is CC(NC(=O)Nc1cc(F)ccc1N1CCCCC1)c1ccncc1. The Kier molecular flexibility index (Phi) is 5.48. The van der Waals surface area contributed by atoms with Crippen LogP contribution in [0.5, 0.6) is 0 Å². The van der Waals surface area contributed by atoms with Crippen molar-refractivity contribution in [3.05, 3.63) is 54.1 Å². The minimum Gasteiger partial charge on any atom is -0.370 e. The second-order valence-corrected chi connectivity index (χ2v) is 6.31. The number of aromatic nitrogens is 1. The molecule has 1 aliphatic heterocycles. The lowest BCUT2D eigenvalue weighted by atomic mass is 10.1. The van der Waals surface area contributed by atoms with Gasteiger partial charge in [0.2, 0.25) is 0 Å². The lowest BCUT2D eigenvalue weighted by Gasteiger charge is -2.30. The highest BCUT2D eigenvalue weighted by atomic mass is 19.1. The Labute approximate surface area is 147 Å². The van der Waals surface area contributed by atoms with Crippen LogP contribution in [0.3, 0.4) is 0 Å². The molecule has 0 saturated carbocycles. The molecular weight excluding hydrogens is 319 g/mol. The van der Waals surface area contributed by atoms with Gasteiger partial charge >= 0.3 is 6.03 Å². The van der Waals surface area contributed by atoms with E-state index in [1.54, 1.807) is 18.5 Å². The summed E-state index contributed by atoms with van der Waals surface area (Å²) in [6.45, 7) is 3.75. The first-order valence-corrected chi connectivity index (χ1v) is 8.65. The van der Waals surface area contributed by atoms with Gasteiger partial charge in [0.05, 0.1) is 17.4 Å². The fraction of sp³-hybridized carbons (Fsp3) is 0.368. The zero-order chi connectivity index (χ0) is 17.6. The third-order valence-corrected chi connectivity index (χ3v) is 4.46. The molecule has 1 atom stereocenters. The van der Waals surface area contributed by atoms with Gasteiger partial charge in [0, 0.05) is 25.5 Å².